The van der Waals surface area contributed by atoms with Crippen molar-refractivity contribution in [3.05, 3.63) is 35.8 Å². The van der Waals surface area contributed by atoms with Crippen LogP contribution in [-0.4, -0.2) is 61.9 Å². The number of aromatic nitrogens is 1. The fourth-order valence-electron chi connectivity index (χ4n) is 4.40. The van der Waals surface area contributed by atoms with E-state index in [1.54, 1.807) is 26.8 Å². The van der Waals surface area contributed by atoms with E-state index in [1.807, 2.05) is 15.8 Å². The number of amides is 1. The van der Waals surface area contributed by atoms with Crippen LogP contribution in [0.5, 0.6) is 0 Å². The third kappa shape index (κ3) is 7.42. The molecule has 7 nitrogen and oxygen atoms in total. The molecule has 0 saturated carbocycles. The fourth-order valence-corrected chi connectivity index (χ4v) is 5.34. The molecule has 202 valence electrons. The lowest BCUT2D eigenvalue weighted by atomic mass is 9.86. The van der Waals surface area contributed by atoms with Gasteiger partial charge in [-0.2, -0.15) is 13.2 Å². The Kier molecular flexibility index (Phi) is 8.72. The normalized spacial score (nSPS) is 17.4. The Morgan fingerprint density at radius 2 is 1.86 bits per heavy atom. The van der Waals surface area contributed by atoms with Gasteiger partial charge >= 0.3 is 15.5 Å². The number of H-pyrrole nitrogens is 1. The standard InChI is InChI=1S/C24H34F4N4O3S/c1-23(2,3)21(31-36(34,35)24(26,27)28)15-32-10-7-16(8-11-32)12-22(33)29-9-6-17-14-30-20-5-4-18(25)13-19(17)20/h4-5,13-14,16,21,30-31H,6-12,15H2,1-3H3,(H,29,33). The number of benzene rings is 1. The van der Waals surface area contributed by atoms with Gasteiger partial charge in [0.2, 0.25) is 5.91 Å². The van der Waals surface area contributed by atoms with Gasteiger partial charge in [0.1, 0.15) is 5.82 Å². The van der Waals surface area contributed by atoms with Crippen molar-refractivity contribution >= 4 is 26.8 Å². The summed E-state index contributed by atoms with van der Waals surface area (Å²) in [5, 5.41) is 3.70. The van der Waals surface area contributed by atoms with Gasteiger partial charge in [0.25, 0.3) is 0 Å². The van der Waals surface area contributed by atoms with Crippen molar-refractivity contribution < 1.29 is 30.8 Å². The molecule has 0 aliphatic carbocycles. The van der Waals surface area contributed by atoms with Crippen LogP contribution >= 0.6 is 0 Å². The topological polar surface area (TPSA) is 94.3 Å². The van der Waals surface area contributed by atoms with Crippen LogP contribution in [0, 0.1) is 17.2 Å². The first-order valence-electron chi connectivity index (χ1n) is 12.0. The molecule has 0 radical (unpaired) electrons. The number of fused-ring (bicyclic) bond motifs is 1. The minimum atomic E-state index is -5.45. The number of carbonyl (C=O) groups excluding carboxylic acids is 1. The molecular formula is C24H34F4N4O3S. The number of carbonyl (C=O) groups is 1. The Morgan fingerprint density at radius 3 is 2.47 bits per heavy atom. The Hall–Kier alpha value is -2.18. The number of piperidine rings is 1. The molecule has 2 heterocycles. The summed E-state index contributed by atoms with van der Waals surface area (Å²) in [6.07, 6.45) is 4.11. The number of alkyl halides is 3. The molecule has 3 rings (SSSR count). The van der Waals surface area contributed by atoms with E-state index in [4.69, 9.17) is 0 Å². The summed E-state index contributed by atoms with van der Waals surface area (Å²) in [4.78, 5) is 17.5. The summed E-state index contributed by atoms with van der Waals surface area (Å²) in [5.74, 6) is -0.251. The zero-order valence-corrected chi connectivity index (χ0v) is 21.5. The Morgan fingerprint density at radius 1 is 1.19 bits per heavy atom. The van der Waals surface area contributed by atoms with Crippen molar-refractivity contribution in [1.29, 1.82) is 0 Å². The van der Waals surface area contributed by atoms with Gasteiger partial charge in [0, 0.05) is 42.7 Å². The number of sulfonamides is 1. The van der Waals surface area contributed by atoms with Gasteiger partial charge in [-0.3, -0.25) is 4.79 Å². The monoisotopic (exact) mass is 534 g/mol. The van der Waals surface area contributed by atoms with E-state index in [-0.39, 0.29) is 24.2 Å². The number of hydrogen-bond acceptors (Lipinski definition) is 4. The van der Waals surface area contributed by atoms with Gasteiger partial charge < -0.3 is 15.2 Å². The van der Waals surface area contributed by atoms with E-state index in [2.05, 4.69) is 10.3 Å². The van der Waals surface area contributed by atoms with E-state index < -0.39 is 27.0 Å². The van der Waals surface area contributed by atoms with E-state index in [0.29, 0.717) is 45.3 Å². The maximum absolute atomic E-state index is 13.5. The molecule has 1 atom stereocenters. The molecule has 36 heavy (non-hydrogen) atoms. The Balaban J connectivity index is 1.44. The summed E-state index contributed by atoms with van der Waals surface area (Å²) in [6.45, 7) is 6.80. The van der Waals surface area contributed by atoms with Crippen LogP contribution < -0.4 is 10.0 Å². The molecule has 0 bridgehead atoms. The van der Waals surface area contributed by atoms with Crippen molar-refractivity contribution in [3.63, 3.8) is 0 Å². The molecule has 1 amide bonds. The predicted octanol–water partition coefficient (Wildman–Crippen LogP) is 3.92. The highest BCUT2D eigenvalue weighted by Crippen LogP contribution is 2.28. The fraction of sp³-hybridized carbons (Fsp3) is 0.625. The molecule has 1 aliphatic heterocycles. The maximum Gasteiger partial charge on any atom is 0.511 e. The average Bonchev–Trinajstić information content (AvgIpc) is 3.15. The van der Waals surface area contributed by atoms with E-state index >= 15 is 0 Å². The molecule has 1 fully saturated rings. The smallest absolute Gasteiger partial charge is 0.361 e. The zero-order valence-electron chi connectivity index (χ0n) is 20.7. The first-order valence-corrected chi connectivity index (χ1v) is 13.5. The van der Waals surface area contributed by atoms with Gasteiger partial charge in [-0.1, -0.05) is 20.8 Å². The molecule has 2 aromatic rings. The molecule has 12 heteroatoms. The molecular weight excluding hydrogens is 500 g/mol. The summed E-state index contributed by atoms with van der Waals surface area (Å²) in [5.41, 5.74) is -4.32. The van der Waals surface area contributed by atoms with Crippen LogP contribution in [0.3, 0.4) is 0 Å². The second-order valence-electron chi connectivity index (χ2n) is 10.5. The van der Waals surface area contributed by atoms with Crippen LogP contribution in [0.25, 0.3) is 10.9 Å². The highest BCUT2D eigenvalue weighted by molar-refractivity contribution is 7.90. The van der Waals surface area contributed by atoms with Crippen molar-refractivity contribution in [2.24, 2.45) is 11.3 Å². The molecule has 1 unspecified atom stereocenters. The van der Waals surface area contributed by atoms with Gasteiger partial charge in [0.15, 0.2) is 0 Å². The largest absolute Gasteiger partial charge is 0.511 e. The number of nitrogens with one attached hydrogen (secondary N) is 3. The second-order valence-corrected chi connectivity index (χ2v) is 12.2. The Bertz CT molecular complexity index is 1150. The number of likely N-dealkylation sites (tertiary alicyclic amines) is 1. The van der Waals surface area contributed by atoms with E-state index in [1.165, 1.54) is 12.1 Å². The number of rotatable bonds is 9. The number of nitrogens with zero attached hydrogens (tertiary/aromatic N) is 1. The summed E-state index contributed by atoms with van der Waals surface area (Å²) in [7, 11) is -5.45. The summed E-state index contributed by atoms with van der Waals surface area (Å²) >= 11 is 0. The highest BCUT2D eigenvalue weighted by atomic mass is 32.2. The van der Waals surface area contributed by atoms with Crippen molar-refractivity contribution in [1.82, 2.24) is 19.9 Å². The van der Waals surface area contributed by atoms with Crippen molar-refractivity contribution in [2.75, 3.05) is 26.2 Å². The zero-order chi connectivity index (χ0) is 26.7. The van der Waals surface area contributed by atoms with Crippen molar-refractivity contribution in [2.45, 2.75) is 58.0 Å². The number of aromatic amines is 1. The first-order chi connectivity index (χ1) is 16.7. The Labute approximate surface area is 209 Å². The molecule has 1 aromatic carbocycles. The van der Waals surface area contributed by atoms with Crippen molar-refractivity contribution in [3.8, 4) is 0 Å². The van der Waals surface area contributed by atoms with Gasteiger partial charge in [0.05, 0.1) is 0 Å². The van der Waals surface area contributed by atoms with Gasteiger partial charge in [-0.15, -0.1) is 0 Å². The molecule has 1 aromatic heterocycles. The molecule has 3 N–H and O–H groups in total. The predicted molar refractivity (Wildman–Crippen MR) is 130 cm³/mol. The van der Waals surface area contributed by atoms with Gasteiger partial charge in [-0.05, 0) is 67.4 Å². The van der Waals surface area contributed by atoms with E-state index in [9.17, 15) is 30.8 Å². The third-order valence-corrected chi connectivity index (χ3v) is 7.92. The minimum Gasteiger partial charge on any atom is -0.361 e. The second kappa shape index (κ2) is 11.1. The molecule has 1 saturated heterocycles. The molecule has 0 spiro atoms. The summed E-state index contributed by atoms with van der Waals surface area (Å²) < 4.78 is 77.2. The van der Waals surface area contributed by atoms with Crippen LogP contribution in [0.4, 0.5) is 17.6 Å². The van der Waals surface area contributed by atoms with Crippen LogP contribution in [0.1, 0.15) is 45.6 Å². The quantitative estimate of drug-likeness (QED) is 0.425. The van der Waals surface area contributed by atoms with E-state index in [0.717, 1.165) is 16.5 Å². The van der Waals surface area contributed by atoms with Gasteiger partial charge in [-0.25, -0.2) is 17.5 Å². The summed E-state index contributed by atoms with van der Waals surface area (Å²) in [6, 6.07) is 3.62. The lowest BCUT2D eigenvalue weighted by Gasteiger charge is -2.38. The molecule has 1 aliphatic rings. The third-order valence-electron chi connectivity index (χ3n) is 6.72. The van der Waals surface area contributed by atoms with Crippen LogP contribution in [-0.2, 0) is 21.2 Å². The minimum absolute atomic E-state index is 0.0787. The van der Waals surface area contributed by atoms with Crippen LogP contribution in [0.15, 0.2) is 24.4 Å². The highest BCUT2D eigenvalue weighted by Gasteiger charge is 2.48. The maximum atomic E-state index is 13.5. The number of halogens is 4. The van der Waals surface area contributed by atoms with Crippen LogP contribution in [0.2, 0.25) is 0 Å². The lowest BCUT2D eigenvalue weighted by Crippen LogP contribution is -2.54. The lowest BCUT2D eigenvalue weighted by molar-refractivity contribution is -0.122. The SMILES string of the molecule is CC(C)(C)C(CN1CCC(CC(=O)NCCc2c[nH]c3ccc(F)cc23)CC1)NS(=O)(=O)C(F)(F)F. The number of hydrogen-bond donors (Lipinski definition) is 3. The first kappa shape index (κ1) is 28.4. The average molecular weight is 535 g/mol.